The van der Waals surface area contributed by atoms with Gasteiger partial charge in [0.2, 0.25) is 0 Å². The zero-order valence-corrected chi connectivity index (χ0v) is 6.59. The summed E-state index contributed by atoms with van der Waals surface area (Å²) in [5, 5.41) is 7.97. The smallest absolute Gasteiger partial charge is 0.322 e. The Labute approximate surface area is 69.9 Å². The number of hydrogen-bond acceptors (Lipinski definition) is 3. The Kier molecular flexibility index (Phi) is 1.73. The first-order valence-corrected chi connectivity index (χ1v) is 4.12. The molecule has 0 radical (unpaired) electrons. The van der Waals surface area contributed by atoms with Gasteiger partial charge in [-0.2, -0.15) is 0 Å². The van der Waals surface area contributed by atoms with Gasteiger partial charge in [-0.15, -0.1) is 0 Å². The minimum Gasteiger partial charge on any atom is -0.324 e. The number of rotatable bonds is 1. The van der Waals surface area contributed by atoms with E-state index in [9.17, 15) is 9.59 Å². The number of hydrogen-bond donors (Lipinski definition) is 3. The van der Waals surface area contributed by atoms with E-state index in [1.54, 1.807) is 0 Å². The fourth-order valence-electron chi connectivity index (χ4n) is 1.71. The van der Waals surface area contributed by atoms with Gasteiger partial charge in [-0.1, -0.05) is 0 Å². The Hall–Kier alpha value is -1.10. The Morgan fingerprint density at radius 3 is 2.67 bits per heavy atom. The van der Waals surface area contributed by atoms with Crippen molar-refractivity contribution in [1.82, 2.24) is 16.0 Å². The molecule has 2 rings (SSSR count). The van der Waals surface area contributed by atoms with E-state index in [0.29, 0.717) is 0 Å². The fourth-order valence-corrected chi connectivity index (χ4v) is 1.71. The highest BCUT2D eigenvalue weighted by atomic mass is 16.2. The van der Waals surface area contributed by atoms with Crippen molar-refractivity contribution in [1.29, 1.82) is 0 Å². The molecule has 0 aromatic heterocycles. The maximum Gasteiger partial charge on any atom is 0.322 e. The van der Waals surface area contributed by atoms with Crippen LogP contribution in [0, 0.1) is 0 Å². The van der Waals surface area contributed by atoms with Crippen molar-refractivity contribution < 1.29 is 9.59 Å². The third kappa shape index (κ3) is 1.16. The topological polar surface area (TPSA) is 70.2 Å². The third-order valence-electron chi connectivity index (χ3n) is 2.31. The molecule has 0 spiro atoms. The van der Waals surface area contributed by atoms with Gasteiger partial charge in [-0.25, -0.2) is 4.79 Å². The first-order chi connectivity index (χ1) is 5.77. The molecule has 0 saturated carbocycles. The van der Waals surface area contributed by atoms with E-state index in [2.05, 4.69) is 16.0 Å². The second kappa shape index (κ2) is 2.75. The standard InChI is InChI=1S/C7H11N3O2/c11-6-5(9-7(12)10-6)4-2-1-3-8-4/h4-5,8H,1-3H2,(H2,9,10,11,12)/t4-,5-/m0/s1. The number of imide groups is 1. The van der Waals surface area contributed by atoms with Gasteiger partial charge < -0.3 is 10.6 Å². The number of nitrogens with one attached hydrogen (secondary N) is 3. The fraction of sp³-hybridized carbons (Fsp3) is 0.714. The molecule has 2 aliphatic rings. The largest absolute Gasteiger partial charge is 0.324 e. The molecule has 0 aromatic rings. The first-order valence-electron chi connectivity index (χ1n) is 4.12. The van der Waals surface area contributed by atoms with Crippen LogP contribution < -0.4 is 16.0 Å². The first kappa shape index (κ1) is 7.54. The Morgan fingerprint density at radius 1 is 1.33 bits per heavy atom. The van der Waals surface area contributed by atoms with Gasteiger partial charge in [-0.3, -0.25) is 10.1 Å². The zero-order valence-electron chi connectivity index (χ0n) is 6.59. The van der Waals surface area contributed by atoms with Gasteiger partial charge in [0.25, 0.3) is 5.91 Å². The maximum atomic E-state index is 11.1. The molecule has 2 heterocycles. The quantitative estimate of drug-likeness (QED) is 0.438. The van der Waals surface area contributed by atoms with Crippen LogP contribution in [-0.4, -0.2) is 30.6 Å². The molecule has 2 saturated heterocycles. The van der Waals surface area contributed by atoms with Crippen LogP contribution in [0.15, 0.2) is 0 Å². The summed E-state index contributed by atoms with van der Waals surface area (Å²) in [6.45, 7) is 0.935. The minimum absolute atomic E-state index is 0.122. The highest BCUT2D eigenvalue weighted by Crippen LogP contribution is 2.11. The summed E-state index contributed by atoms with van der Waals surface area (Å²) in [5.41, 5.74) is 0. The van der Waals surface area contributed by atoms with Crippen LogP contribution in [0.3, 0.4) is 0 Å². The summed E-state index contributed by atoms with van der Waals surface area (Å²) < 4.78 is 0. The SMILES string of the molecule is O=C1NC(=O)[C@H]([C@@H]2CCCN2)N1. The maximum absolute atomic E-state index is 11.1. The van der Waals surface area contributed by atoms with Crippen LogP contribution >= 0.6 is 0 Å². The molecule has 0 bridgehead atoms. The van der Waals surface area contributed by atoms with E-state index in [-0.39, 0.29) is 24.0 Å². The molecule has 5 heteroatoms. The summed E-state index contributed by atoms with van der Waals surface area (Å²) in [5.74, 6) is -0.209. The molecule has 0 unspecified atom stereocenters. The van der Waals surface area contributed by atoms with Crippen molar-refractivity contribution in [3.8, 4) is 0 Å². The van der Waals surface area contributed by atoms with E-state index in [1.807, 2.05) is 0 Å². The summed E-state index contributed by atoms with van der Waals surface area (Å²) >= 11 is 0. The van der Waals surface area contributed by atoms with Crippen molar-refractivity contribution >= 4 is 11.9 Å². The number of carbonyl (C=O) groups is 2. The molecule has 12 heavy (non-hydrogen) atoms. The predicted molar refractivity (Wildman–Crippen MR) is 41.5 cm³/mol. The van der Waals surface area contributed by atoms with E-state index >= 15 is 0 Å². The number of urea groups is 1. The summed E-state index contributed by atoms with van der Waals surface area (Å²) in [6, 6.07) is -0.616. The molecule has 66 valence electrons. The van der Waals surface area contributed by atoms with E-state index in [0.717, 1.165) is 19.4 Å². The summed E-state index contributed by atoms with van der Waals surface area (Å²) in [4.78, 5) is 21.9. The predicted octanol–water partition coefficient (Wildman–Crippen LogP) is -1.05. The van der Waals surface area contributed by atoms with Gasteiger partial charge >= 0.3 is 6.03 Å². The minimum atomic E-state index is -0.376. The van der Waals surface area contributed by atoms with Gasteiger partial charge in [0.15, 0.2) is 0 Å². The summed E-state index contributed by atoms with van der Waals surface area (Å²) in [6.07, 6.45) is 2.03. The number of amides is 3. The Balaban J connectivity index is 2.03. The highest BCUT2D eigenvalue weighted by Gasteiger charge is 2.37. The molecular weight excluding hydrogens is 158 g/mol. The third-order valence-corrected chi connectivity index (χ3v) is 2.31. The lowest BCUT2D eigenvalue weighted by Gasteiger charge is -2.14. The average Bonchev–Trinajstić information content (AvgIpc) is 2.58. The molecule has 2 aliphatic heterocycles. The Morgan fingerprint density at radius 2 is 2.17 bits per heavy atom. The van der Waals surface area contributed by atoms with E-state index in [1.165, 1.54) is 0 Å². The lowest BCUT2D eigenvalue weighted by molar-refractivity contribution is -0.120. The van der Waals surface area contributed by atoms with Gasteiger partial charge in [0.1, 0.15) is 6.04 Å². The van der Waals surface area contributed by atoms with Crippen LogP contribution in [0.5, 0.6) is 0 Å². The van der Waals surface area contributed by atoms with Gasteiger partial charge in [0, 0.05) is 6.04 Å². The second-order valence-electron chi connectivity index (χ2n) is 3.14. The zero-order chi connectivity index (χ0) is 8.55. The van der Waals surface area contributed by atoms with Crippen molar-refractivity contribution in [3.63, 3.8) is 0 Å². The summed E-state index contributed by atoms with van der Waals surface area (Å²) in [7, 11) is 0. The normalized spacial score (nSPS) is 35.0. The van der Waals surface area contributed by atoms with Gasteiger partial charge in [0.05, 0.1) is 0 Å². The van der Waals surface area contributed by atoms with Crippen LogP contribution in [0.2, 0.25) is 0 Å². The molecule has 2 atom stereocenters. The average molecular weight is 169 g/mol. The van der Waals surface area contributed by atoms with Crippen LogP contribution in [-0.2, 0) is 4.79 Å². The van der Waals surface area contributed by atoms with Crippen LogP contribution in [0.1, 0.15) is 12.8 Å². The van der Waals surface area contributed by atoms with Crippen LogP contribution in [0.4, 0.5) is 4.79 Å². The van der Waals surface area contributed by atoms with Crippen molar-refractivity contribution in [2.24, 2.45) is 0 Å². The second-order valence-corrected chi connectivity index (χ2v) is 3.14. The number of carbonyl (C=O) groups excluding carboxylic acids is 2. The lowest BCUT2D eigenvalue weighted by atomic mass is 10.1. The monoisotopic (exact) mass is 169 g/mol. The van der Waals surface area contributed by atoms with E-state index < -0.39 is 0 Å². The van der Waals surface area contributed by atoms with Crippen molar-refractivity contribution in [2.45, 2.75) is 24.9 Å². The molecule has 0 aliphatic carbocycles. The molecule has 2 fully saturated rings. The molecule has 3 N–H and O–H groups in total. The van der Waals surface area contributed by atoms with Crippen molar-refractivity contribution in [2.75, 3.05) is 6.54 Å². The lowest BCUT2D eigenvalue weighted by Crippen LogP contribution is -2.45. The molecule has 3 amide bonds. The molecular formula is C7H11N3O2. The van der Waals surface area contributed by atoms with Gasteiger partial charge in [-0.05, 0) is 19.4 Å². The molecule has 5 nitrogen and oxygen atoms in total. The van der Waals surface area contributed by atoms with Crippen LogP contribution in [0.25, 0.3) is 0 Å². The molecule has 0 aromatic carbocycles. The highest BCUT2D eigenvalue weighted by molar-refractivity contribution is 6.04. The van der Waals surface area contributed by atoms with E-state index in [4.69, 9.17) is 0 Å². The van der Waals surface area contributed by atoms with Crippen molar-refractivity contribution in [3.05, 3.63) is 0 Å². The Bertz CT molecular complexity index is 223.